The van der Waals surface area contributed by atoms with Gasteiger partial charge in [0.15, 0.2) is 0 Å². The highest BCUT2D eigenvalue weighted by molar-refractivity contribution is 9.11. The fourth-order valence-electron chi connectivity index (χ4n) is 3.81. The Morgan fingerprint density at radius 3 is 2.51 bits per heavy atom. The third kappa shape index (κ3) is 8.99. The van der Waals surface area contributed by atoms with Crippen molar-refractivity contribution in [2.24, 2.45) is 0 Å². The summed E-state index contributed by atoms with van der Waals surface area (Å²) in [4.78, 5) is 27.3. The highest BCUT2D eigenvalue weighted by Gasteiger charge is 2.41. The van der Waals surface area contributed by atoms with E-state index in [1.807, 2.05) is 49.7 Å². The molecule has 206 valence electrons. The van der Waals surface area contributed by atoms with Gasteiger partial charge in [-0.25, -0.2) is 8.93 Å². The second-order valence-electron chi connectivity index (χ2n) is 9.87. The number of carbonyl (C=O) groups is 2. The van der Waals surface area contributed by atoms with E-state index in [0.29, 0.717) is 18.8 Å². The molecule has 0 bridgehead atoms. The van der Waals surface area contributed by atoms with E-state index in [9.17, 15) is 13.8 Å². The summed E-state index contributed by atoms with van der Waals surface area (Å²) in [5.74, 6) is -0.939. The lowest BCUT2D eigenvalue weighted by Crippen LogP contribution is -2.50. The topological polar surface area (TPSA) is 84.9 Å². The molecule has 7 nitrogen and oxygen atoms in total. The largest absolute Gasteiger partial charge is 0.469 e. The Morgan fingerprint density at radius 2 is 1.97 bits per heavy atom. The van der Waals surface area contributed by atoms with E-state index in [1.165, 1.54) is 18.4 Å². The molecule has 1 aliphatic rings. The SMILES string of the molecule is C=C(/C=C\C(=C(\Br)CCC)N1CCOCC1)C(CC(=O)CC(=O)OC)(NS(=O)C(C)(C)C)c1ccsc1. The number of ketones is 1. The maximum Gasteiger partial charge on any atom is 0.313 e. The fraction of sp³-hybridized carbons (Fsp3) is 0.556. The molecule has 0 aliphatic carbocycles. The van der Waals surface area contributed by atoms with Gasteiger partial charge in [0, 0.05) is 29.7 Å². The fourth-order valence-corrected chi connectivity index (χ4v) is 6.27. The van der Waals surface area contributed by atoms with Crippen LogP contribution in [0.25, 0.3) is 0 Å². The molecule has 1 N–H and O–H groups in total. The summed E-state index contributed by atoms with van der Waals surface area (Å²) >= 11 is 5.25. The number of Topliss-reactive ketones (excluding diaryl/α,β-unsaturated/α-hetero) is 1. The summed E-state index contributed by atoms with van der Waals surface area (Å²) in [5.41, 5.74) is 1.20. The average Bonchev–Trinajstić information content (AvgIpc) is 3.39. The third-order valence-electron chi connectivity index (χ3n) is 5.96. The molecule has 2 unspecified atom stereocenters. The molecule has 1 aromatic heterocycles. The van der Waals surface area contributed by atoms with Crippen LogP contribution >= 0.6 is 27.3 Å². The number of carbonyl (C=O) groups excluding carboxylic acids is 2. The number of hydrogen-bond acceptors (Lipinski definition) is 7. The zero-order chi connectivity index (χ0) is 27.6. The first-order valence-corrected chi connectivity index (χ1v) is 15.2. The van der Waals surface area contributed by atoms with Gasteiger partial charge < -0.3 is 14.4 Å². The van der Waals surface area contributed by atoms with Crippen LogP contribution in [0.15, 0.2) is 51.3 Å². The standard InChI is InChI=1S/C27H39BrN2O5S2/c1-7-8-23(28)24(30-12-14-35-15-13-30)10-9-20(2)27(21-11-16-36-19-21,29-37(33)26(3,4)5)18-22(31)17-25(32)34-6/h9-11,16,19,29H,2,7-8,12-15,17-18H2,1,3-6H3/b10-9-,24-23-. The first kappa shape index (κ1) is 31.6. The zero-order valence-electron chi connectivity index (χ0n) is 22.4. The van der Waals surface area contributed by atoms with Crippen molar-refractivity contribution >= 4 is 50.0 Å². The van der Waals surface area contributed by atoms with Gasteiger partial charge in [-0.15, -0.1) is 0 Å². The van der Waals surface area contributed by atoms with E-state index in [0.717, 1.165) is 41.7 Å². The highest BCUT2D eigenvalue weighted by atomic mass is 79.9. The van der Waals surface area contributed by atoms with E-state index < -0.39 is 27.2 Å². The molecule has 2 heterocycles. The molecule has 0 aromatic carbocycles. The summed E-state index contributed by atoms with van der Waals surface area (Å²) < 4.78 is 27.4. The minimum Gasteiger partial charge on any atom is -0.469 e. The lowest BCUT2D eigenvalue weighted by Gasteiger charge is -2.37. The Hall–Kier alpha value is -1.59. The first-order chi connectivity index (χ1) is 17.4. The number of nitrogens with one attached hydrogen (secondary N) is 1. The number of rotatable bonds is 13. The van der Waals surface area contributed by atoms with E-state index in [2.05, 4.69) is 39.1 Å². The quantitative estimate of drug-likeness (QED) is 0.183. The number of thiophene rings is 1. The van der Waals surface area contributed by atoms with Crippen LogP contribution in [0.5, 0.6) is 0 Å². The van der Waals surface area contributed by atoms with Crippen LogP contribution in [0.3, 0.4) is 0 Å². The van der Waals surface area contributed by atoms with Gasteiger partial charge in [-0.3, -0.25) is 9.59 Å². The van der Waals surface area contributed by atoms with Crippen molar-refractivity contribution in [1.29, 1.82) is 0 Å². The van der Waals surface area contributed by atoms with Crippen molar-refractivity contribution in [3.63, 3.8) is 0 Å². The van der Waals surface area contributed by atoms with Crippen molar-refractivity contribution < 1.29 is 23.3 Å². The lowest BCUT2D eigenvalue weighted by atomic mass is 9.80. The molecule has 1 fully saturated rings. The van der Waals surface area contributed by atoms with Gasteiger partial charge in [0.05, 0.1) is 41.6 Å². The Balaban J connectivity index is 2.57. The average molecular weight is 616 g/mol. The van der Waals surface area contributed by atoms with Gasteiger partial charge in [0.25, 0.3) is 0 Å². The second kappa shape index (κ2) is 14.5. The van der Waals surface area contributed by atoms with Gasteiger partial charge in [0.2, 0.25) is 0 Å². The van der Waals surface area contributed by atoms with Crippen LogP contribution in [0, 0.1) is 0 Å². The Labute approximate surface area is 236 Å². The molecular formula is C27H39BrN2O5S2. The second-order valence-corrected chi connectivity index (χ2v) is 13.6. The minimum absolute atomic E-state index is 0.101. The van der Waals surface area contributed by atoms with Crippen molar-refractivity contribution in [2.75, 3.05) is 33.4 Å². The maximum absolute atomic E-state index is 13.4. The normalized spacial score (nSPS) is 17.7. The van der Waals surface area contributed by atoms with E-state index >= 15 is 0 Å². The monoisotopic (exact) mass is 614 g/mol. The molecule has 1 aliphatic heterocycles. The predicted octanol–water partition coefficient (Wildman–Crippen LogP) is 5.37. The van der Waals surface area contributed by atoms with Gasteiger partial charge in [-0.1, -0.05) is 41.9 Å². The van der Waals surface area contributed by atoms with Crippen LogP contribution in [-0.2, 0) is 35.6 Å². The maximum atomic E-state index is 13.4. The number of hydrogen-bond donors (Lipinski definition) is 1. The van der Waals surface area contributed by atoms with Crippen LogP contribution in [0.4, 0.5) is 0 Å². The van der Waals surface area contributed by atoms with Gasteiger partial charge in [-0.2, -0.15) is 11.3 Å². The highest BCUT2D eigenvalue weighted by Crippen LogP contribution is 2.37. The molecule has 1 saturated heterocycles. The first-order valence-electron chi connectivity index (χ1n) is 12.3. The zero-order valence-corrected chi connectivity index (χ0v) is 25.7. The van der Waals surface area contributed by atoms with Crippen molar-refractivity contribution in [3.05, 3.63) is 56.9 Å². The number of halogens is 1. The predicted molar refractivity (Wildman–Crippen MR) is 155 cm³/mol. The molecule has 0 amide bonds. The van der Waals surface area contributed by atoms with E-state index in [4.69, 9.17) is 9.47 Å². The van der Waals surface area contributed by atoms with Gasteiger partial charge in [0.1, 0.15) is 12.2 Å². The van der Waals surface area contributed by atoms with Crippen molar-refractivity contribution in [2.45, 2.75) is 63.7 Å². The molecular weight excluding hydrogens is 576 g/mol. The van der Waals surface area contributed by atoms with E-state index in [1.54, 1.807) is 0 Å². The molecule has 1 aromatic rings. The van der Waals surface area contributed by atoms with Gasteiger partial charge in [-0.05, 0) is 61.2 Å². The number of allylic oxidation sites excluding steroid dienone is 2. The minimum atomic E-state index is -1.53. The lowest BCUT2D eigenvalue weighted by molar-refractivity contribution is -0.143. The summed E-state index contributed by atoms with van der Waals surface area (Å²) in [6.07, 6.45) is 5.28. The summed E-state index contributed by atoms with van der Waals surface area (Å²) in [5, 5.41) is 3.83. The molecule has 10 heteroatoms. The summed E-state index contributed by atoms with van der Waals surface area (Å²) in [6, 6.07) is 1.90. The van der Waals surface area contributed by atoms with Crippen molar-refractivity contribution in [1.82, 2.24) is 9.62 Å². The number of methoxy groups -OCH3 is 1. The number of morpholine rings is 1. The smallest absolute Gasteiger partial charge is 0.313 e. The number of nitrogens with zero attached hydrogens (tertiary/aromatic N) is 1. The van der Waals surface area contributed by atoms with Crippen LogP contribution < -0.4 is 4.72 Å². The molecule has 2 atom stereocenters. The Bertz CT molecular complexity index is 1020. The Kier molecular flexibility index (Phi) is 12.4. The molecule has 0 radical (unpaired) electrons. The van der Waals surface area contributed by atoms with Crippen LogP contribution in [-0.4, -0.2) is 59.0 Å². The van der Waals surface area contributed by atoms with Crippen LogP contribution in [0.2, 0.25) is 0 Å². The Morgan fingerprint density at radius 1 is 1.30 bits per heavy atom. The molecule has 0 saturated carbocycles. The number of ether oxygens (including phenoxy) is 2. The molecule has 37 heavy (non-hydrogen) atoms. The van der Waals surface area contributed by atoms with E-state index in [-0.39, 0.29) is 18.6 Å². The molecule has 2 rings (SSSR count). The van der Waals surface area contributed by atoms with Crippen LogP contribution in [0.1, 0.15) is 58.9 Å². The third-order valence-corrected chi connectivity index (χ3v) is 9.09. The number of esters is 1. The van der Waals surface area contributed by atoms with Gasteiger partial charge >= 0.3 is 5.97 Å². The molecule has 0 spiro atoms. The van der Waals surface area contributed by atoms with Crippen molar-refractivity contribution in [3.8, 4) is 0 Å². The summed E-state index contributed by atoms with van der Waals surface area (Å²) in [7, 11) is -0.276. The summed E-state index contributed by atoms with van der Waals surface area (Å²) in [6.45, 7) is 14.9.